The maximum absolute atomic E-state index is 6.15. The number of rotatable bonds is 40. The third-order valence-corrected chi connectivity index (χ3v) is 21.0. The Kier molecular flexibility index (Phi) is 26.0. The zero-order valence-electron chi connectivity index (χ0n) is 52.8. The molecular weight excluding hydrogens is 1070 g/mol. The molecule has 0 spiro atoms. The van der Waals surface area contributed by atoms with Crippen LogP contribution in [0.4, 0.5) is 0 Å². The van der Waals surface area contributed by atoms with Crippen molar-refractivity contribution in [1.29, 1.82) is 0 Å². The highest BCUT2D eigenvalue weighted by atomic mass is 32.1. The summed E-state index contributed by atoms with van der Waals surface area (Å²) in [5.41, 5.74) is 15.7. The van der Waals surface area contributed by atoms with E-state index in [9.17, 15) is 0 Å². The number of thiophene rings is 2. The average molecular weight is 1170 g/mol. The van der Waals surface area contributed by atoms with Crippen LogP contribution < -0.4 is 9.47 Å². The zero-order chi connectivity index (χ0) is 58.7. The van der Waals surface area contributed by atoms with Gasteiger partial charge in [0.1, 0.15) is 11.5 Å². The molecule has 0 amide bonds. The van der Waals surface area contributed by atoms with Gasteiger partial charge in [0.25, 0.3) is 0 Å². The molecule has 2 heterocycles. The highest BCUT2D eigenvalue weighted by Gasteiger charge is 2.41. The molecule has 1 aliphatic carbocycles. The van der Waals surface area contributed by atoms with E-state index in [1.165, 1.54) is 253 Å². The van der Waals surface area contributed by atoms with Crippen LogP contribution >= 0.6 is 22.7 Å². The molecular formula is C81H102O2S2. The van der Waals surface area contributed by atoms with Crippen LogP contribution in [0.2, 0.25) is 0 Å². The molecule has 0 bridgehead atoms. The summed E-state index contributed by atoms with van der Waals surface area (Å²) in [6.45, 7) is 11.0. The van der Waals surface area contributed by atoms with Crippen LogP contribution in [0.15, 0.2) is 158 Å². The van der Waals surface area contributed by atoms with Gasteiger partial charge in [0, 0.05) is 24.9 Å². The SMILES string of the molecule is CCCCCCCCCCCCCCCCOc1ccc(-c2ccc(-c3ccc(-c4ccc5c(c4)C(CC)(CC)c4cc(-c6ccc(-c7ccc(-c8ccc(OCCCCCCCCCCCCCCCC)cc8)cc7)s6)ccc4-5)s3)cc2)cc1. The van der Waals surface area contributed by atoms with Crippen LogP contribution in [0.3, 0.4) is 0 Å². The second kappa shape index (κ2) is 34.6. The minimum absolute atomic E-state index is 0.0331. The predicted octanol–water partition coefficient (Wildman–Crippen LogP) is 26.6. The van der Waals surface area contributed by atoms with Crippen molar-refractivity contribution in [2.24, 2.45) is 0 Å². The third-order valence-electron chi connectivity index (χ3n) is 18.6. The van der Waals surface area contributed by atoms with Crippen molar-refractivity contribution >= 4 is 22.7 Å². The molecule has 0 radical (unpaired) electrons. The van der Waals surface area contributed by atoms with E-state index in [1.54, 1.807) is 0 Å². The maximum Gasteiger partial charge on any atom is 0.119 e. The summed E-state index contributed by atoms with van der Waals surface area (Å²) < 4.78 is 12.3. The first-order valence-electron chi connectivity index (χ1n) is 34.2. The normalized spacial score (nSPS) is 12.4. The first-order valence-corrected chi connectivity index (χ1v) is 35.8. The van der Waals surface area contributed by atoms with E-state index in [0.29, 0.717) is 0 Å². The first-order chi connectivity index (χ1) is 42.0. The number of fused-ring (bicyclic) bond motifs is 3. The molecule has 450 valence electrons. The van der Waals surface area contributed by atoms with E-state index in [-0.39, 0.29) is 5.41 Å². The molecule has 4 heteroatoms. The molecule has 0 saturated heterocycles. The molecule has 0 aliphatic heterocycles. The summed E-state index contributed by atoms with van der Waals surface area (Å²) in [5.74, 6) is 1.94. The molecule has 9 rings (SSSR count). The molecule has 1 aliphatic rings. The molecule has 85 heavy (non-hydrogen) atoms. The van der Waals surface area contributed by atoms with Gasteiger partial charge in [-0.2, -0.15) is 0 Å². The Morgan fingerprint density at radius 3 is 0.800 bits per heavy atom. The summed E-state index contributed by atoms with van der Waals surface area (Å²) in [6, 6.07) is 59.3. The van der Waals surface area contributed by atoms with Crippen LogP contribution in [-0.2, 0) is 5.41 Å². The zero-order valence-corrected chi connectivity index (χ0v) is 54.4. The molecule has 8 aromatic rings. The monoisotopic (exact) mass is 1170 g/mol. The average Bonchev–Trinajstić information content (AvgIpc) is 2.04. The summed E-state index contributed by atoms with van der Waals surface area (Å²) in [6.07, 6.45) is 40.6. The molecule has 0 atom stereocenters. The van der Waals surface area contributed by atoms with Crippen LogP contribution in [0.1, 0.15) is 231 Å². The van der Waals surface area contributed by atoms with Crippen molar-refractivity contribution in [3.05, 3.63) is 169 Å². The summed E-state index contributed by atoms with van der Waals surface area (Å²) >= 11 is 3.79. The van der Waals surface area contributed by atoms with Gasteiger partial charge in [-0.3, -0.25) is 0 Å². The Labute approximate surface area is 523 Å². The van der Waals surface area contributed by atoms with Gasteiger partial charge in [-0.1, -0.05) is 292 Å². The van der Waals surface area contributed by atoms with Crippen molar-refractivity contribution in [3.8, 4) is 86.6 Å². The molecule has 0 unspecified atom stereocenters. The lowest BCUT2D eigenvalue weighted by Gasteiger charge is -2.30. The summed E-state index contributed by atoms with van der Waals surface area (Å²) in [5, 5.41) is 0. The Morgan fingerprint density at radius 1 is 0.259 bits per heavy atom. The van der Waals surface area contributed by atoms with E-state index >= 15 is 0 Å². The second-order valence-electron chi connectivity index (χ2n) is 24.7. The van der Waals surface area contributed by atoms with Crippen LogP contribution in [0.5, 0.6) is 11.5 Å². The van der Waals surface area contributed by atoms with E-state index in [0.717, 1.165) is 50.4 Å². The van der Waals surface area contributed by atoms with Gasteiger partial charge in [0.2, 0.25) is 0 Å². The van der Waals surface area contributed by atoms with Crippen LogP contribution in [0.25, 0.3) is 75.1 Å². The number of ether oxygens (including phenoxy) is 2. The standard InChI is InChI=1S/C81H102O2S2/c1-5-9-11-13-15-17-19-21-23-25-27-29-31-33-59-82-71-49-43-65(44-50-71)63-35-39-67(40-36-63)77-55-57-79(84-77)69-47-53-73-74-54-48-70(62-76(74)81(7-3,8-4)75(73)61-69)80-58-56-78(85-80)68-41-37-64(38-42-68)66-45-51-72(52-46-66)83-60-34-32-30-28-26-24-22-20-18-16-14-12-10-6-2/h35-58,61-62H,5-34,59-60H2,1-4H3. The minimum Gasteiger partial charge on any atom is -0.494 e. The number of benzene rings is 6. The van der Waals surface area contributed by atoms with Crippen LogP contribution in [-0.4, -0.2) is 13.2 Å². The van der Waals surface area contributed by atoms with Gasteiger partial charge in [-0.25, -0.2) is 0 Å². The van der Waals surface area contributed by atoms with Gasteiger partial charge in [-0.15, -0.1) is 22.7 Å². The summed E-state index contributed by atoms with van der Waals surface area (Å²) in [4.78, 5) is 5.23. The largest absolute Gasteiger partial charge is 0.494 e. The van der Waals surface area contributed by atoms with Gasteiger partial charge >= 0.3 is 0 Å². The van der Waals surface area contributed by atoms with Gasteiger partial charge in [-0.05, 0) is 153 Å². The van der Waals surface area contributed by atoms with Gasteiger partial charge in [0.05, 0.1) is 13.2 Å². The summed E-state index contributed by atoms with van der Waals surface area (Å²) in [7, 11) is 0. The van der Waals surface area contributed by atoms with Crippen molar-refractivity contribution in [2.45, 2.75) is 226 Å². The molecule has 2 nitrogen and oxygen atoms in total. The predicted molar refractivity (Wildman–Crippen MR) is 373 cm³/mol. The van der Waals surface area contributed by atoms with E-state index in [2.05, 4.69) is 185 Å². The Bertz CT molecular complexity index is 2940. The number of hydrogen-bond donors (Lipinski definition) is 0. The Morgan fingerprint density at radius 2 is 0.506 bits per heavy atom. The number of unbranched alkanes of at least 4 members (excludes halogenated alkanes) is 26. The molecule has 0 saturated carbocycles. The van der Waals surface area contributed by atoms with Crippen molar-refractivity contribution in [3.63, 3.8) is 0 Å². The van der Waals surface area contributed by atoms with E-state index < -0.39 is 0 Å². The molecule has 2 aromatic heterocycles. The van der Waals surface area contributed by atoms with Crippen molar-refractivity contribution in [2.75, 3.05) is 13.2 Å². The maximum atomic E-state index is 6.15. The van der Waals surface area contributed by atoms with E-state index in [4.69, 9.17) is 9.47 Å². The first kappa shape index (κ1) is 63.8. The lowest BCUT2D eigenvalue weighted by Crippen LogP contribution is -2.23. The van der Waals surface area contributed by atoms with Crippen LogP contribution in [0, 0.1) is 0 Å². The minimum atomic E-state index is -0.0331. The second-order valence-corrected chi connectivity index (χ2v) is 26.9. The third kappa shape index (κ3) is 18.2. The number of hydrogen-bond acceptors (Lipinski definition) is 4. The van der Waals surface area contributed by atoms with E-state index in [1.807, 2.05) is 22.7 Å². The van der Waals surface area contributed by atoms with Crippen molar-refractivity contribution < 1.29 is 9.47 Å². The lowest BCUT2D eigenvalue weighted by atomic mass is 9.73. The van der Waals surface area contributed by atoms with Gasteiger partial charge < -0.3 is 9.47 Å². The fourth-order valence-corrected chi connectivity index (χ4v) is 15.2. The topological polar surface area (TPSA) is 18.5 Å². The quantitative estimate of drug-likeness (QED) is 0.0356. The highest BCUT2D eigenvalue weighted by Crippen LogP contribution is 2.55. The molecule has 6 aromatic carbocycles. The lowest BCUT2D eigenvalue weighted by molar-refractivity contribution is 0.304. The fraction of sp³-hybridized carbons (Fsp3) is 0.457. The van der Waals surface area contributed by atoms with Gasteiger partial charge in [0.15, 0.2) is 0 Å². The highest BCUT2D eigenvalue weighted by molar-refractivity contribution is 7.19. The molecule has 0 N–H and O–H groups in total. The Hall–Kier alpha value is -5.68. The van der Waals surface area contributed by atoms with Crippen molar-refractivity contribution in [1.82, 2.24) is 0 Å². The fourth-order valence-electron chi connectivity index (χ4n) is 13.2. The smallest absolute Gasteiger partial charge is 0.119 e. The molecule has 0 fully saturated rings. The Balaban J connectivity index is 0.720.